The maximum atomic E-state index is 13.9. The number of hydrazine groups is 1. The number of aryl methyl sites for hydroxylation is 1. The number of nitrogens with zero attached hydrogens (tertiary/aromatic N) is 2. The van der Waals surface area contributed by atoms with Crippen LogP contribution in [0.2, 0.25) is 0 Å². The molecule has 0 saturated heterocycles. The maximum absolute atomic E-state index is 13.9. The van der Waals surface area contributed by atoms with Crippen LogP contribution in [-0.2, 0) is 12.6 Å². The Labute approximate surface area is 184 Å². The van der Waals surface area contributed by atoms with Gasteiger partial charge in [-0.15, -0.1) is 0 Å². The summed E-state index contributed by atoms with van der Waals surface area (Å²) in [6.07, 6.45) is -0.0850. The number of amides is 1. The van der Waals surface area contributed by atoms with E-state index in [9.17, 15) is 22.4 Å². The molecule has 8 heteroatoms. The fourth-order valence-corrected chi connectivity index (χ4v) is 4.21. The third kappa shape index (κ3) is 4.65. The molecule has 1 fully saturated rings. The molecule has 170 valence electrons. The molecule has 0 aromatic heterocycles. The number of primary amides is 1. The van der Waals surface area contributed by atoms with Crippen LogP contribution in [0.4, 0.5) is 17.6 Å². The lowest BCUT2D eigenvalue weighted by Crippen LogP contribution is -2.41. The Balaban J connectivity index is 1.66. The number of halogens is 4. The Hall–Kier alpha value is -2.87. The number of likely N-dealkylation sites (N-methyl/N-ethyl adjacent to an activating group) is 1. The Morgan fingerprint density at radius 2 is 1.88 bits per heavy atom. The fourth-order valence-electron chi connectivity index (χ4n) is 4.21. The van der Waals surface area contributed by atoms with E-state index in [1.807, 2.05) is 37.2 Å². The summed E-state index contributed by atoms with van der Waals surface area (Å²) in [7, 11) is 1.89. The molecule has 1 amide bonds. The predicted molar refractivity (Wildman–Crippen MR) is 114 cm³/mol. The first kappa shape index (κ1) is 22.3. The molecule has 1 heterocycles. The van der Waals surface area contributed by atoms with Gasteiger partial charge >= 0.3 is 6.18 Å². The van der Waals surface area contributed by atoms with Crippen molar-refractivity contribution in [3.8, 4) is 0 Å². The molecule has 2 aromatic carbocycles. The lowest BCUT2D eigenvalue weighted by Gasteiger charge is -2.33. The van der Waals surface area contributed by atoms with Crippen molar-refractivity contribution in [2.45, 2.75) is 38.4 Å². The Bertz CT molecular complexity index is 1080. The molecule has 2 aromatic rings. The van der Waals surface area contributed by atoms with Gasteiger partial charge < -0.3 is 10.7 Å². The van der Waals surface area contributed by atoms with Crippen molar-refractivity contribution in [2.24, 2.45) is 11.7 Å². The minimum absolute atomic E-state index is 0.234. The molecule has 0 bridgehead atoms. The zero-order valence-electron chi connectivity index (χ0n) is 17.9. The van der Waals surface area contributed by atoms with Crippen molar-refractivity contribution in [3.63, 3.8) is 0 Å². The van der Waals surface area contributed by atoms with Gasteiger partial charge in [-0.05, 0) is 85.2 Å². The van der Waals surface area contributed by atoms with Crippen molar-refractivity contribution in [3.05, 3.63) is 76.1 Å². The maximum Gasteiger partial charge on any atom is 0.416 e. The molecule has 1 aliphatic carbocycles. The summed E-state index contributed by atoms with van der Waals surface area (Å²) in [6, 6.07) is 7.88. The van der Waals surface area contributed by atoms with Crippen LogP contribution >= 0.6 is 0 Å². The molecule has 0 radical (unpaired) electrons. The number of hydrogen-bond donors (Lipinski definition) is 1. The predicted octanol–water partition coefficient (Wildman–Crippen LogP) is 4.78. The molecule has 1 atom stereocenters. The molecule has 1 saturated carbocycles. The quantitative estimate of drug-likeness (QED) is 0.649. The first-order chi connectivity index (χ1) is 15.0. The molecule has 1 aliphatic heterocycles. The van der Waals surface area contributed by atoms with Crippen molar-refractivity contribution >= 4 is 11.6 Å². The van der Waals surface area contributed by atoms with E-state index in [-0.39, 0.29) is 12.5 Å². The van der Waals surface area contributed by atoms with E-state index < -0.39 is 23.5 Å². The van der Waals surface area contributed by atoms with Crippen LogP contribution in [0.5, 0.6) is 0 Å². The largest absolute Gasteiger partial charge is 0.416 e. The first-order valence-electron chi connectivity index (χ1n) is 10.5. The SMILES string of the molecule is Cc1cc(C2=CC(Cc3cc(F)cc(C(F)(F)F)c3)N(C)N2CC2CC2)ccc1C(N)=O. The van der Waals surface area contributed by atoms with E-state index in [4.69, 9.17) is 5.73 Å². The summed E-state index contributed by atoms with van der Waals surface area (Å²) in [5, 5.41) is 4.13. The van der Waals surface area contributed by atoms with Crippen LogP contribution in [-0.4, -0.2) is 35.6 Å². The molecule has 2 N–H and O–H groups in total. The third-order valence-corrected chi connectivity index (χ3v) is 6.13. The van der Waals surface area contributed by atoms with E-state index in [1.54, 1.807) is 6.07 Å². The minimum atomic E-state index is -4.60. The average molecular weight is 447 g/mol. The Morgan fingerprint density at radius 1 is 1.16 bits per heavy atom. The van der Waals surface area contributed by atoms with Gasteiger partial charge in [-0.2, -0.15) is 13.2 Å². The smallest absolute Gasteiger partial charge is 0.366 e. The molecular formula is C24H25F4N3O. The summed E-state index contributed by atoms with van der Waals surface area (Å²) in [6.45, 7) is 2.61. The van der Waals surface area contributed by atoms with Crippen molar-refractivity contribution in [1.82, 2.24) is 10.0 Å². The fraction of sp³-hybridized carbons (Fsp3) is 0.375. The van der Waals surface area contributed by atoms with Gasteiger partial charge in [-0.1, -0.05) is 6.07 Å². The second-order valence-corrected chi connectivity index (χ2v) is 8.66. The molecule has 0 spiro atoms. The van der Waals surface area contributed by atoms with Gasteiger partial charge in [0.25, 0.3) is 0 Å². The minimum Gasteiger partial charge on any atom is -0.366 e. The second kappa shape index (κ2) is 8.24. The van der Waals surface area contributed by atoms with Crippen molar-refractivity contribution < 1.29 is 22.4 Å². The van der Waals surface area contributed by atoms with E-state index in [1.165, 1.54) is 0 Å². The van der Waals surface area contributed by atoms with Gasteiger partial charge in [0.15, 0.2) is 0 Å². The highest BCUT2D eigenvalue weighted by Crippen LogP contribution is 2.38. The number of rotatable bonds is 6. The molecule has 2 aliphatic rings. The number of carbonyl (C=O) groups is 1. The summed E-state index contributed by atoms with van der Waals surface area (Å²) < 4.78 is 53.3. The molecule has 4 rings (SSSR count). The second-order valence-electron chi connectivity index (χ2n) is 8.66. The highest BCUT2D eigenvalue weighted by atomic mass is 19.4. The summed E-state index contributed by atoms with van der Waals surface area (Å²) in [4.78, 5) is 11.6. The number of nitrogens with two attached hydrogens (primary N) is 1. The zero-order valence-corrected chi connectivity index (χ0v) is 17.9. The lowest BCUT2D eigenvalue weighted by atomic mass is 10.00. The van der Waals surface area contributed by atoms with E-state index in [0.29, 0.717) is 23.1 Å². The van der Waals surface area contributed by atoms with Crippen LogP contribution in [0, 0.1) is 18.7 Å². The monoisotopic (exact) mass is 447 g/mol. The number of alkyl halides is 3. The third-order valence-electron chi connectivity index (χ3n) is 6.13. The topological polar surface area (TPSA) is 49.6 Å². The molecular weight excluding hydrogens is 422 g/mol. The Morgan fingerprint density at radius 3 is 2.47 bits per heavy atom. The number of hydrogen-bond acceptors (Lipinski definition) is 3. The first-order valence-corrected chi connectivity index (χ1v) is 10.5. The zero-order chi connectivity index (χ0) is 23.2. The standard InChI is InChI=1S/C24H25F4N3O/c1-14-7-17(5-6-21(14)23(29)32)22-12-20(30(2)31(22)13-15-3-4-15)10-16-8-18(24(26,27)28)11-19(25)9-16/h5-9,11-12,15,20H,3-4,10,13H2,1-2H3,(H2,29,32). The van der Waals surface area contributed by atoms with Gasteiger partial charge in [0, 0.05) is 19.2 Å². The van der Waals surface area contributed by atoms with Crippen molar-refractivity contribution in [1.29, 1.82) is 0 Å². The number of benzene rings is 2. The van der Waals surface area contributed by atoms with E-state index >= 15 is 0 Å². The summed E-state index contributed by atoms with van der Waals surface area (Å²) in [5.41, 5.74) is 7.76. The Kier molecular flexibility index (Phi) is 5.75. The van der Waals surface area contributed by atoms with Gasteiger partial charge in [0.2, 0.25) is 5.91 Å². The van der Waals surface area contributed by atoms with Crippen molar-refractivity contribution in [2.75, 3.05) is 13.6 Å². The summed E-state index contributed by atoms with van der Waals surface area (Å²) >= 11 is 0. The normalized spacial score (nSPS) is 19.4. The van der Waals surface area contributed by atoms with Gasteiger partial charge in [-0.3, -0.25) is 4.79 Å². The van der Waals surface area contributed by atoms with Crippen LogP contribution in [0.1, 0.15) is 45.5 Å². The molecule has 4 nitrogen and oxygen atoms in total. The van der Waals surface area contributed by atoms with Crippen LogP contribution in [0.25, 0.3) is 5.70 Å². The molecule has 1 unspecified atom stereocenters. The van der Waals surface area contributed by atoms with Crippen LogP contribution < -0.4 is 5.73 Å². The molecule has 32 heavy (non-hydrogen) atoms. The number of carbonyl (C=O) groups excluding carboxylic acids is 1. The van der Waals surface area contributed by atoms with Crippen LogP contribution in [0.15, 0.2) is 42.5 Å². The van der Waals surface area contributed by atoms with Gasteiger partial charge in [0.05, 0.1) is 17.3 Å². The van der Waals surface area contributed by atoms with Gasteiger partial charge in [0.1, 0.15) is 5.82 Å². The van der Waals surface area contributed by atoms with E-state index in [0.717, 1.165) is 48.3 Å². The van der Waals surface area contributed by atoms with Crippen LogP contribution in [0.3, 0.4) is 0 Å². The van der Waals surface area contributed by atoms with Gasteiger partial charge in [-0.25, -0.2) is 9.40 Å². The van der Waals surface area contributed by atoms with E-state index in [2.05, 4.69) is 5.01 Å². The highest BCUT2D eigenvalue weighted by molar-refractivity contribution is 5.94. The lowest BCUT2D eigenvalue weighted by molar-refractivity contribution is -0.137. The average Bonchev–Trinajstić information content (AvgIpc) is 3.46. The summed E-state index contributed by atoms with van der Waals surface area (Å²) in [5.74, 6) is -0.824. The highest BCUT2D eigenvalue weighted by Gasteiger charge is 2.36.